The predicted octanol–water partition coefficient (Wildman–Crippen LogP) is 4.82. The summed E-state index contributed by atoms with van der Waals surface area (Å²) in [4.78, 5) is 16.3. The lowest BCUT2D eigenvalue weighted by Crippen LogP contribution is -2.21. The monoisotopic (exact) mass is 417 g/mol. The molecule has 2 aromatic rings. The molecule has 0 radical (unpaired) electrons. The topological polar surface area (TPSA) is 65.4 Å². The van der Waals surface area contributed by atoms with Crippen LogP contribution in [0.5, 0.6) is 11.5 Å². The third-order valence-electron chi connectivity index (χ3n) is 4.64. The van der Waals surface area contributed by atoms with Crippen LogP contribution < -0.4 is 20.3 Å². The van der Waals surface area contributed by atoms with Gasteiger partial charge in [0.15, 0.2) is 11.7 Å². The smallest absolute Gasteiger partial charge is 0.316 e. The van der Waals surface area contributed by atoms with Crippen molar-refractivity contribution in [1.82, 2.24) is 9.55 Å². The first-order valence-electron chi connectivity index (χ1n) is 9.70. The Labute approximate surface area is 173 Å². The van der Waals surface area contributed by atoms with Crippen LogP contribution in [0.15, 0.2) is 53.0 Å². The molecule has 1 aliphatic carbocycles. The molecule has 1 unspecified atom stereocenters. The van der Waals surface area contributed by atoms with E-state index in [4.69, 9.17) is 9.47 Å². The zero-order valence-corrected chi connectivity index (χ0v) is 17.4. The van der Waals surface area contributed by atoms with Crippen LogP contribution in [0, 0.1) is 12.8 Å². The summed E-state index contributed by atoms with van der Waals surface area (Å²) in [6, 6.07) is 5.56. The highest BCUT2D eigenvalue weighted by Crippen LogP contribution is 2.28. The molecule has 1 aromatic heterocycles. The molecule has 0 bridgehead atoms. The molecule has 8 heteroatoms. The van der Waals surface area contributed by atoms with E-state index in [1.807, 2.05) is 39.0 Å². The zero-order valence-electron chi connectivity index (χ0n) is 17.4. The number of aromatic nitrogens is 2. The third-order valence-corrected chi connectivity index (χ3v) is 4.64. The van der Waals surface area contributed by atoms with Gasteiger partial charge in [0.25, 0.3) is 0 Å². The van der Waals surface area contributed by atoms with E-state index in [0.717, 1.165) is 17.0 Å². The highest BCUT2D eigenvalue weighted by atomic mass is 19.2. The fraction of sp³-hybridized carbons (Fsp3) is 0.364. The molecule has 30 heavy (non-hydrogen) atoms. The van der Waals surface area contributed by atoms with Crippen molar-refractivity contribution < 1.29 is 18.3 Å². The number of hydrogen-bond acceptors (Lipinski definition) is 5. The SMILES string of the molecule is COc1cn(CC2C=C(F)C(F)=CC2)c(Nc2ccc(OC(C)C)cc2C)nc1=O. The second kappa shape index (κ2) is 9.11. The standard InChI is InChI=1S/C22H25F2N3O3/c1-13(2)30-16-6-8-19(14(3)9-16)25-22-26-21(28)20(29-4)12-27(22)11-15-5-7-17(23)18(24)10-15/h6-10,12-13,15H,5,11H2,1-4H3,(H,25,26,28). The van der Waals surface area contributed by atoms with E-state index in [1.54, 1.807) is 4.57 Å². The highest BCUT2D eigenvalue weighted by molar-refractivity contribution is 5.60. The van der Waals surface area contributed by atoms with Gasteiger partial charge in [0.05, 0.1) is 19.4 Å². The van der Waals surface area contributed by atoms with Gasteiger partial charge in [0, 0.05) is 18.2 Å². The van der Waals surface area contributed by atoms with E-state index in [9.17, 15) is 13.6 Å². The second-order valence-electron chi connectivity index (χ2n) is 7.42. The average molecular weight is 417 g/mol. The number of nitrogens with zero attached hydrogens (tertiary/aromatic N) is 2. The first-order valence-corrected chi connectivity index (χ1v) is 9.70. The van der Waals surface area contributed by atoms with Crippen LogP contribution in [0.3, 0.4) is 0 Å². The molecule has 6 nitrogen and oxygen atoms in total. The molecule has 0 fully saturated rings. The van der Waals surface area contributed by atoms with Gasteiger partial charge in [-0.2, -0.15) is 4.98 Å². The van der Waals surface area contributed by atoms with Crippen molar-refractivity contribution >= 4 is 11.6 Å². The molecule has 1 aromatic carbocycles. The summed E-state index contributed by atoms with van der Waals surface area (Å²) >= 11 is 0. The Morgan fingerprint density at radius 1 is 1.30 bits per heavy atom. The van der Waals surface area contributed by atoms with Crippen molar-refractivity contribution in [1.29, 1.82) is 0 Å². The molecule has 0 saturated carbocycles. The van der Waals surface area contributed by atoms with E-state index >= 15 is 0 Å². The van der Waals surface area contributed by atoms with Gasteiger partial charge in [-0.05, 0) is 63.1 Å². The van der Waals surface area contributed by atoms with E-state index < -0.39 is 17.2 Å². The lowest BCUT2D eigenvalue weighted by molar-refractivity contribution is 0.242. The number of methoxy groups -OCH3 is 1. The number of halogens is 2. The Morgan fingerprint density at radius 3 is 2.70 bits per heavy atom. The lowest BCUT2D eigenvalue weighted by Gasteiger charge is -2.21. The van der Waals surface area contributed by atoms with Crippen LogP contribution in [0.4, 0.5) is 20.4 Å². The molecule has 0 saturated heterocycles. The summed E-state index contributed by atoms with van der Waals surface area (Å²) in [5.74, 6) is -0.921. The molecule has 3 rings (SSSR count). The van der Waals surface area contributed by atoms with Gasteiger partial charge in [-0.3, -0.25) is 4.79 Å². The van der Waals surface area contributed by atoms with Gasteiger partial charge in [0.1, 0.15) is 5.75 Å². The van der Waals surface area contributed by atoms with E-state index in [2.05, 4.69) is 10.3 Å². The van der Waals surface area contributed by atoms with Crippen LogP contribution >= 0.6 is 0 Å². The molecule has 1 N–H and O–H groups in total. The highest BCUT2D eigenvalue weighted by Gasteiger charge is 2.19. The Kier molecular flexibility index (Phi) is 6.54. The third kappa shape index (κ3) is 5.06. The number of aryl methyl sites for hydroxylation is 1. The number of allylic oxidation sites excluding steroid dienone is 4. The van der Waals surface area contributed by atoms with Gasteiger partial charge >= 0.3 is 5.56 Å². The summed E-state index contributed by atoms with van der Waals surface area (Å²) in [5.41, 5.74) is 1.12. The predicted molar refractivity (Wildman–Crippen MR) is 112 cm³/mol. The first kappa shape index (κ1) is 21.5. The molecule has 1 atom stereocenters. The largest absolute Gasteiger partial charge is 0.491 e. The maximum atomic E-state index is 13.7. The molecule has 0 aliphatic heterocycles. The number of benzene rings is 1. The summed E-state index contributed by atoms with van der Waals surface area (Å²) in [5, 5.41) is 3.16. The minimum absolute atomic E-state index is 0.0551. The Bertz CT molecular complexity index is 1040. The quantitative estimate of drug-likeness (QED) is 0.700. The molecular weight excluding hydrogens is 392 g/mol. The van der Waals surface area contributed by atoms with E-state index in [-0.39, 0.29) is 30.3 Å². The fourth-order valence-electron chi connectivity index (χ4n) is 3.18. The lowest BCUT2D eigenvalue weighted by atomic mass is 10.00. The van der Waals surface area contributed by atoms with Crippen molar-refractivity contribution in [3.63, 3.8) is 0 Å². The Balaban J connectivity index is 1.90. The minimum Gasteiger partial charge on any atom is -0.491 e. The van der Waals surface area contributed by atoms with Gasteiger partial charge in [-0.15, -0.1) is 0 Å². The van der Waals surface area contributed by atoms with Crippen molar-refractivity contribution in [3.8, 4) is 11.5 Å². The Morgan fingerprint density at radius 2 is 2.07 bits per heavy atom. The average Bonchev–Trinajstić information content (AvgIpc) is 2.68. The second-order valence-corrected chi connectivity index (χ2v) is 7.42. The Hall–Kier alpha value is -3.16. The molecule has 1 aliphatic rings. The van der Waals surface area contributed by atoms with E-state index in [0.29, 0.717) is 6.42 Å². The van der Waals surface area contributed by atoms with Gasteiger partial charge in [-0.25, -0.2) is 8.78 Å². The molecule has 0 amide bonds. The molecule has 0 spiro atoms. The number of anilines is 2. The van der Waals surface area contributed by atoms with Crippen LogP contribution in [-0.2, 0) is 6.54 Å². The van der Waals surface area contributed by atoms with Crippen LogP contribution in [0.25, 0.3) is 0 Å². The molecule has 1 heterocycles. The van der Waals surface area contributed by atoms with Gasteiger partial charge in [0.2, 0.25) is 11.7 Å². The van der Waals surface area contributed by atoms with Crippen LogP contribution in [0.1, 0.15) is 25.8 Å². The fourth-order valence-corrected chi connectivity index (χ4v) is 3.18. The summed E-state index contributed by atoms with van der Waals surface area (Å²) in [6.45, 7) is 6.10. The number of hydrogen-bond donors (Lipinski definition) is 1. The molecule has 160 valence electrons. The summed E-state index contributed by atoms with van der Waals surface area (Å²) in [7, 11) is 1.38. The normalized spacial score (nSPS) is 16.2. The minimum atomic E-state index is -0.877. The van der Waals surface area contributed by atoms with Gasteiger partial charge in [-0.1, -0.05) is 0 Å². The van der Waals surface area contributed by atoms with Crippen molar-refractivity contribution in [3.05, 3.63) is 64.1 Å². The van der Waals surface area contributed by atoms with Crippen molar-refractivity contribution in [2.45, 2.75) is 39.8 Å². The number of nitrogens with one attached hydrogen (secondary N) is 1. The van der Waals surface area contributed by atoms with Crippen molar-refractivity contribution in [2.24, 2.45) is 5.92 Å². The molecular formula is C22H25F2N3O3. The maximum Gasteiger partial charge on any atom is 0.316 e. The first-order chi connectivity index (χ1) is 14.3. The maximum absolute atomic E-state index is 13.7. The summed E-state index contributed by atoms with van der Waals surface area (Å²) < 4.78 is 39.4. The zero-order chi connectivity index (χ0) is 21.8. The van der Waals surface area contributed by atoms with Crippen molar-refractivity contribution in [2.75, 3.05) is 12.4 Å². The summed E-state index contributed by atoms with van der Waals surface area (Å²) in [6.07, 6.45) is 4.38. The van der Waals surface area contributed by atoms with Gasteiger partial charge < -0.3 is 19.4 Å². The number of ether oxygens (including phenoxy) is 2. The van der Waals surface area contributed by atoms with Crippen LogP contribution in [0.2, 0.25) is 0 Å². The van der Waals surface area contributed by atoms with Crippen LogP contribution in [-0.4, -0.2) is 22.8 Å². The number of rotatable bonds is 7. The van der Waals surface area contributed by atoms with E-state index in [1.165, 1.54) is 25.5 Å².